The van der Waals surface area contributed by atoms with Gasteiger partial charge in [-0.3, -0.25) is 4.99 Å². The van der Waals surface area contributed by atoms with Crippen molar-refractivity contribution >= 4 is 29.9 Å². The van der Waals surface area contributed by atoms with Gasteiger partial charge in [0.1, 0.15) is 18.5 Å². The largest absolute Gasteiger partial charge is 0.474 e. The van der Waals surface area contributed by atoms with Crippen molar-refractivity contribution in [2.24, 2.45) is 4.99 Å². The van der Waals surface area contributed by atoms with Gasteiger partial charge in [0.2, 0.25) is 5.88 Å². The molecule has 0 atom stereocenters. The van der Waals surface area contributed by atoms with Crippen molar-refractivity contribution in [2.45, 2.75) is 51.4 Å². The van der Waals surface area contributed by atoms with E-state index in [2.05, 4.69) is 20.6 Å². The molecule has 29 heavy (non-hydrogen) atoms. The van der Waals surface area contributed by atoms with Crippen molar-refractivity contribution in [3.63, 3.8) is 0 Å². The van der Waals surface area contributed by atoms with Gasteiger partial charge in [-0.25, -0.2) is 4.98 Å². The Balaban J connectivity index is 0.00000300. The Hall–Kier alpha value is -1.81. The van der Waals surface area contributed by atoms with E-state index < -0.39 is 0 Å². The van der Waals surface area contributed by atoms with E-state index in [4.69, 9.17) is 13.9 Å². The third-order valence-corrected chi connectivity index (χ3v) is 4.65. The predicted molar refractivity (Wildman–Crippen MR) is 124 cm³/mol. The van der Waals surface area contributed by atoms with E-state index in [9.17, 15) is 0 Å². The molecule has 0 bridgehead atoms. The Labute approximate surface area is 189 Å². The summed E-state index contributed by atoms with van der Waals surface area (Å²) < 4.78 is 16.7. The number of aliphatic imine (C=N–C) groups is 1. The third-order valence-electron chi connectivity index (χ3n) is 4.65. The van der Waals surface area contributed by atoms with Gasteiger partial charge in [0.05, 0.1) is 6.26 Å². The van der Waals surface area contributed by atoms with Crippen LogP contribution in [0.1, 0.15) is 43.4 Å². The summed E-state index contributed by atoms with van der Waals surface area (Å²) in [6.07, 6.45) is 9.53. The molecule has 1 aliphatic carbocycles. The smallest absolute Gasteiger partial charge is 0.213 e. The van der Waals surface area contributed by atoms with Gasteiger partial charge in [-0.15, -0.1) is 24.0 Å². The maximum absolute atomic E-state index is 5.90. The third kappa shape index (κ3) is 8.61. The van der Waals surface area contributed by atoms with Gasteiger partial charge >= 0.3 is 0 Å². The minimum atomic E-state index is 0. The first kappa shape index (κ1) is 23.5. The van der Waals surface area contributed by atoms with Crippen LogP contribution in [0, 0.1) is 0 Å². The van der Waals surface area contributed by atoms with E-state index in [1.165, 1.54) is 12.8 Å². The lowest BCUT2D eigenvalue weighted by Gasteiger charge is -2.13. The van der Waals surface area contributed by atoms with Crippen LogP contribution in [0.15, 0.2) is 46.1 Å². The molecular formula is C21H31IN4O3. The van der Waals surface area contributed by atoms with E-state index in [1.54, 1.807) is 13.3 Å². The fourth-order valence-corrected chi connectivity index (χ4v) is 3.12. The summed E-state index contributed by atoms with van der Waals surface area (Å²) >= 11 is 0. The number of hydrogen-bond acceptors (Lipinski definition) is 5. The van der Waals surface area contributed by atoms with E-state index in [0.29, 0.717) is 31.7 Å². The highest BCUT2D eigenvalue weighted by molar-refractivity contribution is 14.0. The number of rotatable bonds is 10. The second kappa shape index (κ2) is 13.4. The summed E-state index contributed by atoms with van der Waals surface area (Å²) in [6.45, 7) is 2.61. The highest BCUT2D eigenvalue weighted by Crippen LogP contribution is 2.22. The first-order chi connectivity index (χ1) is 13.8. The monoisotopic (exact) mass is 514 g/mol. The first-order valence-electron chi connectivity index (χ1n) is 10.00. The molecule has 2 aromatic rings. The number of ether oxygens (including phenoxy) is 2. The summed E-state index contributed by atoms with van der Waals surface area (Å²) in [5.74, 6) is 2.32. The van der Waals surface area contributed by atoms with Crippen molar-refractivity contribution in [1.29, 1.82) is 0 Å². The molecule has 0 aliphatic heterocycles. The summed E-state index contributed by atoms with van der Waals surface area (Å²) in [5, 5.41) is 6.58. The molecule has 0 saturated heterocycles. The van der Waals surface area contributed by atoms with Crippen LogP contribution in [-0.2, 0) is 17.9 Å². The Morgan fingerprint density at radius 3 is 2.79 bits per heavy atom. The average molecular weight is 514 g/mol. The van der Waals surface area contributed by atoms with E-state index in [0.717, 1.165) is 43.1 Å². The zero-order valence-corrected chi connectivity index (χ0v) is 19.3. The number of aromatic nitrogens is 1. The van der Waals surface area contributed by atoms with Crippen LogP contribution in [0.5, 0.6) is 5.88 Å². The lowest BCUT2D eigenvalue weighted by atomic mass is 10.3. The summed E-state index contributed by atoms with van der Waals surface area (Å²) in [7, 11) is 1.76. The first-order valence-corrected chi connectivity index (χ1v) is 10.00. The molecule has 2 N–H and O–H groups in total. The molecule has 1 saturated carbocycles. The van der Waals surface area contributed by atoms with Crippen molar-refractivity contribution in [3.05, 3.63) is 48.0 Å². The van der Waals surface area contributed by atoms with Crippen molar-refractivity contribution < 1.29 is 13.9 Å². The van der Waals surface area contributed by atoms with Crippen LogP contribution in [0.2, 0.25) is 0 Å². The minimum Gasteiger partial charge on any atom is -0.474 e. The van der Waals surface area contributed by atoms with Gasteiger partial charge in [-0.05, 0) is 49.8 Å². The van der Waals surface area contributed by atoms with Gasteiger partial charge in [-0.2, -0.15) is 0 Å². The van der Waals surface area contributed by atoms with Crippen LogP contribution in [0.4, 0.5) is 0 Å². The molecule has 2 heterocycles. The number of hydrogen-bond donors (Lipinski definition) is 2. The molecule has 0 unspecified atom stereocenters. The molecule has 3 rings (SSSR count). The van der Waals surface area contributed by atoms with E-state index >= 15 is 0 Å². The van der Waals surface area contributed by atoms with Crippen molar-refractivity contribution in [3.8, 4) is 5.88 Å². The molecule has 0 spiro atoms. The van der Waals surface area contributed by atoms with E-state index in [1.807, 2.05) is 30.5 Å². The van der Waals surface area contributed by atoms with Crippen molar-refractivity contribution in [2.75, 3.05) is 20.2 Å². The molecule has 0 aromatic carbocycles. The van der Waals surface area contributed by atoms with Gasteiger partial charge < -0.3 is 24.5 Å². The zero-order valence-electron chi connectivity index (χ0n) is 16.9. The van der Waals surface area contributed by atoms with Gasteiger partial charge in [0.25, 0.3) is 0 Å². The van der Waals surface area contributed by atoms with Gasteiger partial charge in [-0.1, -0.05) is 6.07 Å². The maximum atomic E-state index is 5.90. The van der Waals surface area contributed by atoms with Crippen LogP contribution in [0.3, 0.4) is 0 Å². The van der Waals surface area contributed by atoms with Crippen LogP contribution in [0.25, 0.3) is 0 Å². The summed E-state index contributed by atoms with van der Waals surface area (Å²) in [6, 6.07) is 7.76. The number of nitrogens with zero attached hydrogens (tertiary/aromatic N) is 2. The number of nitrogens with one attached hydrogen (secondary N) is 2. The zero-order chi connectivity index (χ0) is 19.4. The second-order valence-corrected chi connectivity index (χ2v) is 6.87. The fourth-order valence-electron chi connectivity index (χ4n) is 3.12. The van der Waals surface area contributed by atoms with E-state index in [-0.39, 0.29) is 24.0 Å². The molecule has 7 nitrogen and oxygen atoms in total. The molecule has 1 aliphatic rings. The Kier molecular flexibility index (Phi) is 10.9. The molecule has 2 aromatic heterocycles. The highest BCUT2D eigenvalue weighted by Gasteiger charge is 2.16. The number of halogens is 1. The molecule has 1 fully saturated rings. The topological polar surface area (TPSA) is 80.9 Å². The second-order valence-electron chi connectivity index (χ2n) is 6.87. The summed E-state index contributed by atoms with van der Waals surface area (Å²) in [5.41, 5.74) is 1.09. The van der Waals surface area contributed by atoms with Gasteiger partial charge in [0.15, 0.2) is 5.96 Å². The Morgan fingerprint density at radius 1 is 1.24 bits per heavy atom. The minimum absolute atomic E-state index is 0. The maximum Gasteiger partial charge on any atom is 0.213 e. The van der Waals surface area contributed by atoms with Crippen LogP contribution >= 0.6 is 24.0 Å². The normalized spacial score (nSPS) is 14.4. The molecular weight excluding hydrogens is 483 g/mol. The Bertz CT molecular complexity index is 701. The molecule has 0 radical (unpaired) electrons. The number of furan rings is 1. The molecule has 160 valence electrons. The lowest BCUT2D eigenvalue weighted by molar-refractivity contribution is 0.105. The number of pyridine rings is 1. The lowest BCUT2D eigenvalue weighted by Crippen LogP contribution is -2.37. The number of guanidine groups is 1. The van der Waals surface area contributed by atoms with Crippen LogP contribution in [-0.4, -0.2) is 37.2 Å². The predicted octanol–water partition coefficient (Wildman–Crippen LogP) is 3.89. The van der Waals surface area contributed by atoms with Gasteiger partial charge in [0, 0.05) is 39.0 Å². The van der Waals surface area contributed by atoms with Crippen LogP contribution < -0.4 is 15.4 Å². The average Bonchev–Trinajstić information content (AvgIpc) is 3.42. The summed E-state index contributed by atoms with van der Waals surface area (Å²) in [4.78, 5) is 8.66. The molecule has 0 amide bonds. The standard InChI is InChI=1S/C21H30N4O3.HI/c1-22-21(23-11-5-12-26-16-19-8-4-13-27-19)25-15-17-9-10-20(24-14-17)28-18-6-2-3-7-18;/h4,8-10,13-14,18H,2-3,5-7,11-12,15-16H2,1H3,(H2,22,23,25);1H. The van der Waals surface area contributed by atoms with Crippen molar-refractivity contribution in [1.82, 2.24) is 15.6 Å². The quantitative estimate of drug-likeness (QED) is 0.217. The highest BCUT2D eigenvalue weighted by atomic mass is 127. The SMILES string of the molecule is CN=C(NCCCOCc1ccco1)NCc1ccc(OC2CCCC2)nc1.I. The fraction of sp³-hybridized carbons (Fsp3) is 0.524. The molecule has 8 heteroatoms. The Morgan fingerprint density at radius 2 is 2.10 bits per heavy atom.